The number of anilines is 1. The van der Waals surface area contributed by atoms with Crippen LogP contribution in [0.1, 0.15) is 31.1 Å². The molecule has 1 amide bonds. The molecule has 0 aliphatic rings. The lowest BCUT2D eigenvalue weighted by atomic mass is 10.0. The van der Waals surface area contributed by atoms with Crippen LogP contribution in [0, 0.1) is 0 Å². The standard InChI is InChI=1S/C18H12N2O5S/c21-15(12-7-6-11(16(22)23)8-13(12)17(24)25)20-18-19-14(9-26-18)10-4-2-1-3-5-10/h1-9H,(H,22,23)(H,24,25)(H,19,20,21). The van der Waals surface area contributed by atoms with Crippen LogP contribution in [0.25, 0.3) is 11.3 Å². The predicted molar refractivity (Wildman–Crippen MR) is 95.9 cm³/mol. The van der Waals surface area contributed by atoms with E-state index in [2.05, 4.69) is 10.3 Å². The normalized spacial score (nSPS) is 10.3. The molecule has 0 bridgehead atoms. The maximum atomic E-state index is 12.4. The molecule has 0 atom stereocenters. The van der Waals surface area contributed by atoms with Crippen molar-refractivity contribution in [3.63, 3.8) is 0 Å². The Morgan fingerprint density at radius 1 is 0.923 bits per heavy atom. The predicted octanol–water partition coefficient (Wildman–Crippen LogP) is 3.46. The Balaban J connectivity index is 1.86. The Morgan fingerprint density at radius 3 is 2.31 bits per heavy atom. The summed E-state index contributed by atoms with van der Waals surface area (Å²) >= 11 is 1.21. The Labute approximate surface area is 151 Å². The smallest absolute Gasteiger partial charge is 0.336 e. The van der Waals surface area contributed by atoms with Gasteiger partial charge in [-0.3, -0.25) is 10.1 Å². The molecule has 2 aromatic carbocycles. The van der Waals surface area contributed by atoms with E-state index in [4.69, 9.17) is 5.11 Å². The molecule has 3 N–H and O–H groups in total. The highest BCUT2D eigenvalue weighted by atomic mass is 32.1. The fourth-order valence-corrected chi connectivity index (χ4v) is 3.00. The van der Waals surface area contributed by atoms with Gasteiger partial charge in [0, 0.05) is 10.9 Å². The lowest BCUT2D eigenvalue weighted by Crippen LogP contribution is -2.17. The van der Waals surface area contributed by atoms with Gasteiger partial charge in [0.25, 0.3) is 5.91 Å². The van der Waals surface area contributed by atoms with Crippen LogP contribution in [0.4, 0.5) is 5.13 Å². The molecule has 8 heteroatoms. The number of carbonyl (C=O) groups is 3. The number of benzene rings is 2. The number of carbonyl (C=O) groups excluding carboxylic acids is 1. The van der Waals surface area contributed by atoms with Crippen molar-refractivity contribution in [1.29, 1.82) is 0 Å². The average Bonchev–Trinajstić information content (AvgIpc) is 3.10. The minimum atomic E-state index is -1.39. The molecule has 0 saturated carbocycles. The highest BCUT2D eigenvalue weighted by Crippen LogP contribution is 2.25. The van der Waals surface area contributed by atoms with E-state index >= 15 is 0 Å². The molecular weight excluding hydrogens is 356 g/mol. The van der Waals surface area contributed by atoms with Gasteiger partial charge in [-0.2, -0.15) is 0 Å². The molecule has 3 aromatic rings. The number of hydrogen-bond acceptors (Lipinski definition) is 5. The van der Waals surface area contributed by atoms with E-state index < -0.39 is 17.8 Å². The third kappa shape index (κ3) is 3.60. The minimum Gasteiger partial charge on any atom is -0.478 e. The number of rotatable bonds is 5. The molecule has 0 spiro atoms. The van der Waals surface area contributed by atoms with Gasteiger partial charge in [0.1, 0.15) is 0 Å². The SMILES string of the molecule is O=C(O)c1ccc(C(=O)Nc2nc(-c3ccccc3)cs2)c(C(=O)O)c1. The quantitative estimate of drug-likeness (QED) is 0.635. The third-order valence-electron chi connectivity index (χ3n) is 3.54. The lowest BCUT2D eigenvalue weighted by Gasteiger charge is -2.07. The van der Waals surface area contributed by atoms with Crippen molar-refractivity contribution in [1.82, 2.24) is 4.98 Å². The number of aromatic nitrogens is 1. The first-order chi connectivity index (χ1) is 12.5. The van der Waals surface area contributed by atoms with E-state index in [0.29, 0.717) is 10.8 Å². The number of thiazole rings is 1. The van der Waals surface area contributed by atoms with E-state index in [0.717, 1.165) is 11.6 Å². The minimum absolute atomic E-state index is 0.140. The third-order valence-corrected chi connectivity index (χ3v) is 4.29. The van der Waals surface area contributed by atoms with Gasteiger partial charge in [-0.1, -0.05) is 30.3 Å². The fraction of sp³-hybridized carbons (Fsp3) is 0. The Morgan fingerprint density at radius 2 is 1.65 bits per heavy atom. The summed E-state index contributed by atoms with van der Waals surface area (Å²) in [4.78, 5) is 39.1. The van der Waals surface area contributed by atoms with Crippen molar-refractivity contribution < 1.29 is 24.6 Å². The van der Waals surface area contributed by atoms with Gasteiger partial charge in [0.15, 0.2) is 5.13 Å². The van der Waals surface area contributed by atoms with Gasteiger partial charge in [-0.25, -0.2) is 14.6 Å². The van der Waals surface area contributed by atoms with E-state index in [1.165, 1.54) is 23.5 Å². The van der Waals surface area contributed by atoms with Gasteiger partial charge in [-0.15, -0.1) is 11.3 Å². The number of nitrogens with zero attached hydrogens (tertiary/aromatic N) is 1. The average molecular weight is 368 g/mol. The van der Waals surface area contributed by atoms with E-state index in [-0.39, 0.29) is 16.7 Å². The second-order valence-electron chi connectivity index (χ2n) is 5.23. The van der Waals surface area contributed by atoms with E-state index in [1.807, 2.05) is 30.3 Å². The topological polar surface area (TPSA) is 117 Å². The van der Waals surface area contributed by atoms with Crippen LogP contribution in [0.3, 0.4) is 0 Å². The summed E-state index contributed by atoms with van der Waals surface area (Å²) in [6, 6.07) is 12.7. The van der Waals surface area contributed by atoms with Crippen LogP contribution in [0.15, 0.2) is 53.9 Å². The first-order valence-electron chi connectivity index (χ1n) is 7.38. The lowest BCUT2D eigenvalue weighted by molar-refractivity contribution is 0.0692. The molecule has 0 radical (unpaired) electrons. The molecule has 3 rings (SSSR count). The largest absolute Gasteiger partial charge is 0.478 e. The Bertz CT molecular complexity index is 998. The van der Waals surface area contributed by atoms with Crippen molar-refractivity contribution in [2.75, 3.05) is 5.32 Å². The summed E-state index contributed by atoms with van der Waals surface area (Å²) in [7, 11) is 0. The zero-order chi connectivity index (χ0) is 18.7. The number of hydrogen-bond donors (Lipinski definition) is 3. The molecule has 7 nitrogen and oxygen atoms in total. The van der Waals surface area contributed by atoms with Gasteiger partial charge in [-0.05, 0) is 18.2 Å². The van der Waals surface area contributed by atoms with Gasteiger partial charge < -0.3 is 10.2 Å². The molecule has 0 unspecified atom stereocenters. The summed E-state index contributed by atoms with van der Waals surface area (Å²) in [5.74, 6) is -3.33. The van der Waals surface area contributed by atoms with Crippen molar-refractivity contribution in [2.45, 2.75) is 0 Å². The van der Waals surface area contributed by atoms with Crippen LogP contribution in [-0.2, 0) is 0 Å². The van der Waals surface area contributed by atoms with Crippen LogP contribution < -0.4 is 5.32 Å². The molecule has 1 aromatic heterocycles. The van der Waals surface area contributed by atoms with Crippen LogP contribution in [-0.4, -0.2) is 33.0 Å². The Hall–Kier alpha value is -3.52. The number of aromatic carboxylic acids is 2. The number of amides is 1. The maximum absolute atomic E-state index is 12.4. The molecular formula is C18H12N2O5S. The molecule has 0 aliphatic heterocycles. The molecule has 130 valence electrons. The number of nitrogens with one attached hydrogen (secondary N) is 1. The number of carboxylic acids is 2. The van der Waals surface area contributed by atoms with Crippen molar-refractivity contribution in [3.8, 4) is 11.3 Å². The van der Waals surface area contributed by atoms with Gasteiger partial charge in [0.2, 0.25) is 0 Å². The summed E-state index contributed by atoms with van der Waals surface area (Å²) in [6.45, 7) is 0. The van der Waals surface area contributed by atoms with Crippen molar-refractivity contribution >= 4 is 34.3 Å². The van der Waals surface area contributed by atoms with Gasteiger partial charge >= 0.3 is 11.9 Å². The molecule has 0 saturated heterocycles. The van der Waals surface area contributed by atoms with Crippen LogP contribution >= 0.6 is 11.3 Å². The number of carboxylic acid groups (broad SMARTS) is 2. The van der Waals surface area contributed by atoms with Crippen LogP contribution in [0.5, 0.6) is 0 Å². The Kier molecular flexibility index (Phi) is 4.76. The van der Waals surface area contributed by atoms with Crippen molar-refractivity contribution in [2.24, 2.45) is 0 Å². The van der Waals surface area contributed by atoms with Crippen LogP contribution in [0.2, 0.25) is 0 Å². The molecule has 1 heterocycles. The zero-order valence-electron chi connectivity index (χ0n) is 13.2. The summed E-state index contributed by atoms with van der Waals surface area (Å²) in [6.07, 6.45) is 0. The molecule has 26 heavy (non-hydrogen) atoms. The highest BCUT2D eigenvalue weighted by molar-refractivity contribution is 7.14. The maximum Gasteiger partial charge on any atom is 0.336 e. The first-order valence-corrected chi connectivity index (χ1v) is 8.26. The fourth-order valence-electron chi connectivity index (χ4n) is 2.29. The highest BCUT2D eigenvalue weighted by Gasteiger charge is 2.20. The van der Waals surface area contributed by atoms with Crippen molar-refractivity contribution in [3.05, 3.63) is 70.6 Å². The second kappa shape index (κ2) is 7.16. The molecule has 0 aliphatic carbocycles. The first kappa shape index (κ1) is 17.3. The summed E-state index contributed by atoms with van der Waals surface area (Å²) in [5.41, 5.74) is 0.840. The molecule has 0 fully saturated rings. The van der Waals surface area contributed by atoms with E-state index in [1.54, 1.807) is 5.38 Å². The zero-order valence-corrected chi connectivity index (χ0v) is 14.0. The summed E-state index contributed by atoms with van der Waals surface area (Å²) in [5, 5.41) is 22.9. The second-order valence-corrected chi connectivity index (χ2v) is 6.09. The summed E-state index contributed by atoms with van der Waals surface area (Å²) < 4.78 is 0. The van der Waals surface area contributed by atoms with Gasteiger partial charge in [0.05, 0.1) is 22.4 Å². The van der Waals surface area contributed by atoms with E-state index in [9.17, 15) is 19.5 Å². The monoisotopic (exact) mass is 368 g/mol.